The Kier molecular flexibility index (Phi) is 4.65. The van der Waals surface area contributed by atoms with Crippen LogP contribution in [0.3, 0.4) is 0 Å². The van der Waals surface area contributed by atoms with Crippen LogP contribution < -0.4 is 16.7 Å². The molecule has 2 rings (SSSR count). The summed E-state index contributed by atoms with van der Waals surface area (Å²) in [4.78, 5) is 39.7. The predicted octanol–water partition coefficient (Wildman–Crippen LogP) is 0.248. The van der Waals surface area contributed by atoms with E-state index in [9.17, 15) is 19.5 Å². The second kappa shape index (κ2) is 6.31. The van der Waals surface area contributed by atoms with Gasteiger partial charge in [-0.2, -0.15) is 0 Å². The van der Waals surface area contributed by atoms with Gasteiger partial charge in [0.25, 0.3) is 5.56 Å². The molecule has 0 saturated heterocycles. The van der Waals surface area contributed by atoms with Crippen LogP contribution in [0.15, 0.2) is 20.4 Å². The van der Waals surface area contributed by atoms with E-state index >= 15 is 0 Å². The second-order valence-electron chi connectivity index (χ2n) is 5.68. The summed E-state index contributed by atoms with van der Waals surface area (Å²) in [5.74, 6) is 0. The number of hydrogen-bond acceptors (Lipinski definition) is 4. The standard InChI is InChI=1S/C15H21N3O4/c1-9-8-11(20)12-13(16-9)17(3)15(22)18(14(12)21)7-5-4-6-10(2)19/h8,10,19H,4-7H2,1-3H3,(H,16,20)/t10-/m1/s1. The highest BCUT2D eigenvalue weighted by molar-refractivity contribution is 5.73. The number of hydrogen-bond donors (Lipinski definition) is 2. The van der Waals surface area contributed by atoms with Crippen molar-refractivity contribution < 1.29 is 5.11 Å². The van der Waals surface area contributed by atoms with E-state index in [1.165, 1.54) is 17.7 Å². The Morgan fingerprint density at radius 2 is 1.95 bits per heavy atom. The van der Waals surface area contributed by atoms with Crippen LogP contribution in [0.5, 0.6) is 0 Å². The van der Waals surface area contributed by atoms with E-state index in [2.05, 4.69) is 4.98 Å². The minimum atomic E-state index is -0.559. The lowest BCUT2D eigenvalue weighted by Crippen LogP contribution is -2.41. The molecular weight excluding hydrogens is 286 g/mol. The van der Waals surface area contributed by atoms with Crippen LogP contribution >= 0.6 is 0 Å². The van der Waals surface area contributed by atoms with Crippen LogP contribution in [0.25, 0.3) is 11.0 Å². The van der Waals surface area contributed by atoms with E-state index in [1.807, 2.05) is 0 Å². The monoisotopic (exact) mass is 307 g/mol. The van der Waals surface area contributed by atoms with Gasteiger partial charge in [0.2, 0.25) is 0 Å². The molecule has 1 atom stereocenters. The van der Waals surface area contributed by atoms with E-state index in [0.717, 1.165) is 4.57 Å². The predicted molar refractivity (Wildman–Crippen MR) is 84.3 cm³/mol. The van der Waals surface area contributed by atoms with Crippen LogP contribution in [0.4, 0.5) is 0 Å². The van der Waals surface area contributed by atoms with Gasteiger partial charge in [-0.25, -0.2) is 4.79 Å². The number of H-pyrrole nitrogens is 1. The molecule has 0 spiro atoms. The Morgan fingerprint density at radius 1 is 1.27 bits per heavy atom. The normalized spacial score (nSPS) is 12.7. The van der Waals surface area contributed by atoms with Gasteiger partial charge < -0.3 is 10.1 Å². The lowest BCUT2D eigenvalue weighted by Gasteiger charge is -2.11. The number of pyridine rings is 1. The molecule has 0 aromatic carbocycles. The summed E-state index contributed by atoms with van der Waals surface area (Å²) in [6.45, 7) is 3.64. The first-order valence-electron chi connectivity index (χ1n) is 7.34. The number of fused-ring (bicyclic) bond motifs is 1. The number of aliphatic hydroxyl groups excluding tert-OH is 1. The average molecular weight is 307 g/mol. The molecule has 2 N–H and O–H groups in total. The zero-order chi connectivity index (χ0) is 16.4. The summed E-state index contributed by atoms with van der Waals surface area (Å²) in [7, 11) is 1.53. The van der Waals surface area contributed by atoms with Gasteiger partial charge >= 0.3 is 5.69 Å². The number of aryl methyl sites for hydroxylation is 2. The second-order valence-corrected chi connectivity index (χ2v) is 5.68. The van der Waals surface area contributed by atoms with Crippen LogP contribution in [0.2, 0.25) is 0 Å². The van der Waals surface area contributed by atoms with Crippen molar-refractivity contribution >= 4 is 11.0 Å². The van der Waals surface area contributed by atoms with Crippen molar-refractivity contribution in [1.82, 2.24) is 14.1 Å². The van der Waals surface area contributed by atoms with Crippen molar-refractivity contribution in [2.45, 2.75) is 45.8 Å². The summed E-state index contributed by atoms with van der Waals surface area (Å²) in [5, 5.41) is 9.23. The third kappa shape index (κ3) is 3.04. The van der Waals surface area contributed by atoms with Gasteiger partial charge in [-0.05, 0) is 33.1 Å². The highest BCUT2D eigenvalue weighted by Gasteiger charge is 2.14. The van der Waals surface area contributed by atoms with Crippen molar-refractivity contribution in [3.8, 4) is 0 Å². The summed E-state index contributed by atoms with van der Waals surface area (Å²) in [5.41, 5.74) is -0.543. The summed E-state index contributed by atoms with van der Waals surface area (Å²) >= 11 is 0. The largest absolute Gasteiger partial charge is 0.393 e. The number of unbranched alkanes of at least 4 members (excludes halogenated alkanes) is 1. The molecule has 2 heterocycles. The Labute approximate surface area is 126 Å². The first-order valence-corrected chi connectivity index (χ1v) is 7.34. The first kappa shape index (κ1) is 16.2. The Morgan fingerprint density at radius 3 is 2.59 bits per heavy atom. The number of nitrogens with one attached hydrogen (secondary N) is 1. The van der Waals surface area contributed by atoms with Gasteiger partial charge in [-0.15, -0.1) is 0 Å². The van der Waals surface area contributed by atoms with Crippen LogP contribution in [-0.4, -0.2) is 25.3 Å². The Hall–Kier alpha value is -2.15. The molecule has 0 aliphatic rings. The summed E-state index contributed by atoms with van der Waals surface area (Å²) in [6, 6.07) is 1.35. The van der Waals surface area contributed by atoms with E-state index in [-0.39, 0.29) is 23.0 Å². The SMILES string of the molecule is Cc1cc(=O)c2c(=O)n(CCCC[C@@H](C)O)c(=O)n(C)c2[nH]1. The minimum Gasteiger partial charge on any atom is -0.393 e. The van der Waals surface area contributed by atoms with Crippen LogP contribution in [0, 0.1) is 6.92 Å². The van der Waals surface area contributed by atoms with Crippen LogP contribution in [0.1, 0.15) is 31.9 Å². The highest BCUT2D eigenvalue weighted by atomic mass is 16.3. The fourth-order valence-corrected chi connectivity index (χ4v) is 2.53. The Bertz CT molecular complexity index is 858. The number of nitrogens with zero attached hydrogens (tertiary/aromatic N) is 2. The highest BCUT2D eigenvalue weighted by Crippen LogP contribution is 2.03. The summed E-state index contributed by atoms with van der Waals surface area (Å²) in [6.07, 6.45) is 1.51. The Balaban J connectivity index is 2.51. The fraction of sp³-hybridized carbons (Fsp3) is 0.533. The van der Waals surface area contributed by atoms with E-state index in [1.54, 1.807) is 13.8 Å². The van der Waals surface area contributed by atoms with E-state index in [0.29, 0.717) is 25.0 Å². The molecule has 22 heavy (non-hydrogen) atoms. The molecule has 0 fully saturated rings. The van der Waals surface area contributed by atoms with Gasteiger partial charge in [-0.3, -0.25) is 18.7 Å². The maximum absolute atomic E-state index is 12.4. The zero-order valence-electron chi connectivity index (χ0n) is 13.0. The number of rotatable bonds is 5. The van der Waals surface area contributed by atoms with Crippen LogP contribution in [-0.2, 0) is 13.6 Å². The molecule has 0 unspecified atom stereocenters. The van der Waals surface area contributed by atoms with Crippen molar-refractivity contribution in [3.63, 3.8) is 0 Å². The number of aromatic nitrogens is 3. The molecule has 2 aromatic rings. The molecule has 0 radical (unpaired) electrons. The molecule has 7 nitrogen and oxygen atoms in total. The molecule has 2 aromatic heterocycles. The maximum atomic E-state index is 12.4. The van der Waals surface area contributed by atoms with Crippen molar-refractivity contribution in [2.24, 2.45) is 7.05 Å². The third-order valence-corrected chi connectivity index (χ3v) is 3.71. The van der Waals surface area contributed by atoms with Crippen molar-refractivity contribution in [1.29, 1.82) is 0 Å². The van der Waals surface area contributed by atoms with E-state index < -0.39 is 17.4 Å². The van der Waals surface area contributed by atoms with Gasteiger partial charge in [-0.1, -0.05) is 0 Å². The molecule has 0 bridgehead atoms. The average Bonchev–Trinajstić information content (AvgIpc) is 2.43. The molecule has 120 valence electrons. The zero-order valence-corrected chi connectivity index (χ0v) is 13.0. The molecule has 0 aliphatic heterocycles. The lowest BCUT2D eigenvalue weighted by atomic mass is 10.2. The molecule has 0 aliphatic carbocycles. The smallest absolute Gasteiger partial charge is 0.332 e. The fourth-order valence-electron chi connectivity index (χ4n) is 2.53. The maximum Gasteiger partial charge on any atom is 0.332 e. The minimum absolute atomic E-state index is 0.00299. The van der Waals surface area contributed by atoms with Crippen molar-refractivity contribution in [3.05, 3.63) is 42.8 Å². The molecule has 0 saturated carbocycles. The van der Waals surface area contributed by atoms with Gasteiger partial charge in [0.1, 0.15) is 11.0 Å². The molecule has 0 amide bonds. The first-order chi connectivity index (χ1) is 10.3. The third-order valence-electron chi connectivity index (χ3n) is 3.71. The number of aromatic amines is 1. The molecule has 7 heteroatoms. The van der Waals surface area contributed by atoms with Gasteiger partial charge in [0.05, 0.1) is 6.10 Å². The molecular formula is C15H21N3O4. The van der Waals surface area contributed by atoms with Gasteiger partial charge in [0, 0.05) is 25.4 Å². The lowest BCUT2D eigenvalue weighted by molar-refractivity contribution is 0.180. The van der Waals surface area contributed by atoms with E-state index in [4.69, 9.17) is 0 Å². The quantitative estimate of drug-likeness (QED) is 0.774. The van der Waals surface area contributed by atoms with Gasteiger partial charge in [0.15, 0.2) is 5.43 Å². The topological polar surface area (TPSA) is 97.1 Å². The summed E-state index contributed by atoms with van der Waals surface area (Å²) < 4.78 is 2.38. The van der Waals surface area contributed by atoms with Crippen molar-refractivity contribution in [2.75, 3.05) is 0 Å². The number of aliphatic hydroxyl groups is 1.